The lowest BCUT2D eigenvalue weighted by Gasteiger charge is -2.28. The van der Waals surface area contributed by atoms with Crippen molar-refractivity contribution in [2.75, 3.05) is 6.54 Å². The zero-order valence-electron chi connectivity index (χ0n) is 10.9. The van der Waals surface area contributed by atoms with Crippen molar-refractivity contribution in [1.82, 2.24) is 4.90 Å². The highest BCUT2D eigenvalue weighted by Crippen LogP contribution is 2.26. The van der Waals surface area contributed by atoms with Crippen molar-refractivity contribution in [2.45, 2.75) is 31.7 Å². The van der Waals surface area contributed by atoms with E-state index in [1.54, 1.807) is 23.1 Å². The van der Waals surface area contributed by atoms with Gasteiger partial charge in [0.2, 0.25) is 0 Å². The first-order chi connectivity index (χ1) is 9.47. The monoisotopic (exact) mass is 374 g/mol. The molecule has 1 saturated carbocycles. The minimum Gasteiger partial charge on any atom is -0.392 e. The molecule has 1 amide bonds. The second-order valence-corrected chi connectivity index (χ2v) is 6.87. The van der Waals surface area contributed by atoms with Gasteiger partial charge in [0.05, 0.1) is 11.5 Å². The Morgan fingerprint density at radius 2 is 2.05 bits per heavy atom. The van der Waals surface area contributed by atoms with Crippen LogP contribution in [0.5, 0.6) is 0 Å². The van der Waals surface area contributed by atoms with Crippen LogP contribution in [-0.2, 0) is 0 Å². The molecule has 0 atom stereocenters. The van der Waals surface area contributed by atoms with Gasteiger partial charge >= 0.3 is 0 Å². The Morgan fingerprint density at radius 3 is 2.60 bits per heavy atom. The molecule has 0 saturated heterocycles. The summed E-state index contributed by atoms with van der Waals surface area (Å²) in [5, 5.41) is 0.532. The van der Waals surface area contributed by atoms with Gasteiger partial charge in [0.1, 0.15) is 0 Å². The molecule has 0 radical (unpaired) electrons. The van der Waals surface area contributed by atoms with Crippen LogP contribution in [0.4, 0.5) is 0 Å². The van der Waals surface area contributed by atoms with Gasteiger partial charge < -0.3 is 10.6 Å². The van der Waals surface area contributed by atoms with Gasteiger partial charge in [-0.25, -0.2) is 0 Å². The summed E-state index contributed by atoms with van der Waals surface area (Å²) in [4.78, 5) is 14.8. The summed E-state index contributed by atoms with van der Waals surface area (Å²) in [6.07, 6.45) is 4.31. The third kappa shape index (κ3) is 3.93. The van der Waals surface area contributed by atoms with Gasteiger partial charge in [-0.2, -0.15) is 0 Å². The first-order valence-electron chi connectivity index (χ1n) is 6.53. The third-order valence-corrected chi connectivity index (χ3v) is 4.27. The molecule has 3 nitrogen and oxygen atoms in total. The van der Waals surface area contributed by atoms with Crippen LogP contribution in [0.3, 0.4) is 0 Å². The second-order valence-electron chi connectivity index (χ2n) is 5.00. The van der Waals surface area contributed by atoms with Crippen molar-refractivity contribution in [1.29, 1.82) is 0 Å². The minimum absolute atomic E-state index is 0.0621. The number of carbonyl (C=O) groups is 1. The van der Waals surface area contributed by atoms with E-state index in [2.05, 4.69) is 15.9 Å². The van der Waals surface area contributed by atoms with Crippen LogP contribution in [0, 0.1) is 0 Å². The Morgan fingerprint density at radius 1 is 1.40 bits per heavy atom. The molecule has 1 fully saturated rings. The number of thiocarbonyl (C=S) groups is 1. The van der Waals surface area contributed by atoms with E-state index in [1.165, 1.54) is 0 Å². The molecular weight excluding hydrogens is 360 g/mol. The molecule has 0 aromatic heterocycles. The van der Waals surface area contributed by atoms with Crippen molar-refractivity contribution >= 4 is 50.6 Å². The molecule has 6 heteroatoms. The Labute approximate surface area is 137 Å². The number of nitrogens with zero attached hydrogens (tertiary/aromatic N) is 1. The fraction of sp³-hybridized carbons (Fsp3) is 0.429. The maximum Gasteiger partial charge on any atom is 0.254 e. The summed E-state index contributed by atoms with van der Waals surface area (Å²) in [6, 6.07) is 5.43. The Kier molecular flexibility index (Phi) is 5.41. The third-order valence-electron chi connectivity index (χ3n) is 3.46. The molecular formula is C14H16BrClN2OS. The van der Waals surface area contributed by atoms with Crippen LogP contribution in [0.15, 0.2) is 22.7 Å². The average molecular weight is 376 g/mol. The molecule has 1 aromatic carbocycles. The Bertz CT molecular complexity index is 512. The van der Waals surface area contributed by atoms with Crippen LogP contribution in [0.25, 0.3) is 0 Å². The summed E-state index contributed by atoms with van der Waals surface area (Å²) < 4.78 is 0.787. The molecule has 0 unspecified atom stereocenters. The molecule has 0 spiro atoms. The summed E-state index contributed by atoms with van der Waals surface area (Å²) in [5.74, 6) is -0.0621. The summed E-state index contributed by atoms with van der Waals surface area (Å²) in [6.45, 7) is 0.322. The van der Waals surface area contributed by atoms with Crippen molar-refractivity contribution < 1.29 is 4.79 Å². The lowest BCUT2D eigenvalue weighted by Crippen LogP contribution is -2.43. The van der Waals surface area contributed by atoms with Crippen LogP contribution < -0.4 is 5.73 Å². The first kappa shape index (κ1) is 15.7. The lowest BCUT2D eigenvalue weighted by atomic mass is 10.1. The molecule has 2 N–H and O–H groups in total. The summed E-state index contributed by atoms with van der Waals surface area (Å²) in [5.41, 5.74) is 6.20. The number of hydrogen-bond donors (Lipinski definition) is 1. The number of halogens is 2. The van der Waals surface area contributed by atoms with E-state index in [0.29, 0.717) is 22.1 Å². The van der Waals surface area contributed by atoms with Crippen LogP contribution >= 0.6 is 39.7 Å². The highest BCUT2D eigenvalue weighted by molar-refractivity contribution is 9.10. The molecule has 1 aliphatic carbocycles. The maximum absolute atomic E-state index is 12.7. The molecule has 108 valence electrons. The van der Waals surface area contributed by atoms with E-state index in [9.17, 15) is 4.79 Å². The molecule has 2 rings (SSSR count). The predicted octanol–water partition coefficient (Wildman–Crippen LogP) is 3.77. The largest absolute Gasteiger partial charge is 0.392 e. The van der Waals surface area contributed by atoms with Crippen LogP contribution in [0.2, 0.25) is 5.02 Å². The van der Waals surface area contributed by atoms with Gasteiger partial charge in [0.15, 0.2) is 0 Å². The van der Waals surface area contributed by atoms with E-state index >= 15 is 0 Å². The average Bonchev–Trinajstić information content (AvgIpc) is 2.87. The number of benzene rings is 1. The molecule has 0 bridgehead atoms. The highest BCUT2D eigenvalue weighted by atomic mass is 79.9. The molecule has 0 heterocycles. The number of carbonyl (C=O) groups excluding carboxylic acids is 1. The fourth-order valence-electron chi connectivity index (χ4n) is 2.59. The van der Waals surface area contributed by atoms with Gasteiger partial charge in [-0.3, -0.25) is 4.79 Å². The number of rotatable bonds is 4. The fourth-order valence-corrected chi connectivity index (χ4v) is 3.59. The minimum atomic E-state index is -0.0621. The molecule has 0 aliphatic heterocycles. The molecule has 20 heavy (non-hydrogen) atoms. The number of nitrogens with two attached hydrogens (primary N) is 1. The summed E-state index contributed by atoms with van der Waals surface area (Å²) in [7, 11) is 0. The number of hydrogen-bond acceptors (Lipinski definition) is 2. The van der Waals surface area contributed by atoms with Crippen molar-refractivity contribution in [3.63, 3.8) is 0 Å². The van der Waals surface area contributed by atoms with Gasteiger partial charge in [0.25, 0.3) is 5.91 Å². The summed E-state index contributed by atoms with van der Waals surface area (Å²) >= 11 is 14.3. The lowest BCUT2D eigenvalue weighted by molar-refractivity contribution is 0.0714. The Hall–Kier alpha value is -0.650. The van der Waals surface area contributed by atoms with Gasteiger partial charge in [-0.15, -0.1) is 0 Å². The van der Waals surface area contributed by atoms with Crippen molar-refractivity contribution in [2.24, 2.45) is 5.73 Å². The van der Waals surface area contributed by atoms with Crippen molar-refractivity contribution in [3.8, 4) is 0 Å². The SMILES string of the molecule is NC(=S)CN(C(=O)c1cc(Cl)cc(Br)c1)C1CCCC1. The smallest absolute Gasteiger partial charge is 0.254 e. The van der Waals surface area contributed by atoms with E-state index in [-0.39, 0.29) is 11.9 Å². The van der Waals surface area contributed by atoms with Gasteiger partial charge in [0, 0.05) is 21.1 Å². The quantitative estimate of drug-likeness (QED) is 0.815. The maximum atomic E-state index is 12.7. The zero-order valence-corrected chi connectivity index (χ0v) is 14.1. The standard InChI is InChI=1S/C14H16BrClN2OS/c15-10-5-9(6-11(16)7-10)14(19)18(8-13(17)20)12-3-1-2-4-12/h5-7,12H,1-4,8H2,(H2,17,20). The van der Waals surface area contributed by atoms with Gasteiger partial charge in [-0.05, 0) is 31.0 Å². The van der Waals surface area contributed by atoms with E-state index in [0.717, 1.165) is 30.2 Å². The highest BCUT2D eigenvalue weighted by Gasteiger charge is 2.28. The predicted molar refractivity (Wildman–Crippen MR) is 89.2 cm³/mol. The van der Waals surface area contributed by atoms with Crippen LogP contribution in [0.1, 0.15) is 36.0 Å². The van der Waals surface area contributed by atoms with E-state index in [1.807, 2.05) is 0 Å². The molecule has 1 aromatic rings. The van der Waals surface area contributed by atoms with Crippen LogP contribution in [-0.4, -0.2) is 28.4 Å². The zero-order chi connectivity index (χ0) is 14.7. The number of amides is 1. The van der Waals surface area contributed by atoms with Gasteiger partial charge in [-0.1, -0.05) is 52.6 Å². The normalized spacial score (nSPS) is 15.3. The second kappa shape index (κ2) is 6.87. The Balaban J connectivity index is 2.26. The molecule has 1 aliphatic rings. The van der Waals surface area contributed by atoms with Crippen molar-refractivity contribution in [3.05, 3.63) is 33.3 Å². The van der Waals surface area contributed by atoms with E-state index < -0.39 is 0 Å². The first-order valence-corrected chi connectivity index (χ1v) is 8.10. The van der Waals surface area contributed by atoms with E-state index in [4.69, 9.17) is 29.6 Å². The topological polar surface area (TPSA) is 46.3 Å².